The van der Waals surface area contributed by atoms with Gasteiger partial charge in [-0.25, -0.2) is 0 Å². The number of piperazine rings is 1. The average Bonchev–Trinajstić information content (AvgIpc) is 2.69. The summed E-state index contributed by atoms with van der Waals surface area (Å²) >= 11 is 0. The second-order valence-electron chi connectivity index (χ2n) is 6.20. The lowest BCUT2D eigenvalue weighted by molar-refractivity contribution is -0.384. The Labute approximate surface area is 165 Å². The van der Waals surface area contributed by atoms with Gasteiger partial charge in [-0.15, -0.1) is 12.4 Å². The molecule has 1 saturated heterocycles. The van der Waals surface area contributed by atoms with E-state index in [1.165, 1.54) is 6.07 Å². The van der Waals surface area contributed by atoms with Crippen molar-refractivity contribution < 1.29 is 9.66 Å². The lowest BCUT2D eigenvalue weighted by Gasteiger charge is -2.36. The molecule has 2 aromatic rings. The summed E-state index contributed by atoms with van der Waals surface area (Å²) in [4.78, 5) is 15.4. The summed E-state index contributed by atoms with van der Waals surface area (Å²) in [7, 11) is 1.70. The molecule has 0 bridgehead atoms. The second-order valence-corrected chi connectivity index (χ2v) is 6.20. The maximum absolute atomic E-state index is 11.0. The summed E-state index contributed by atoms with van der Waals surface area (Å²) in [6, 6.07) is 14.8. The highest BCUT2D eigenvalue weighted by molar-refractivity contribution is 5.85. The van der Waals surface area contributed by atoms with Crippen LogP contribution in [-0.4, -0.2) is 56.2 Å². The molecule has 146 valence electrons. The zero-order valence-electron chi connectivity index (χ0n) is 15.3. The first kappa shape index (κ1) is 20.8. The molecule has 0 unspecified atom stereocenters. The van der Waals surface area contributed by atoms with Crippen molar-refractivity contribution in [2.75, 3.05) is 56.6 Å². The number of halogens is 1. The number of methoxy groups -OCH3 is 1. The van der Waals surface area contributed by atoms with Crippen molar-refractivity contribution in [1.29, 1.82) is 0 Å². The van der Waals surface area contributed by atoms with E-state index in [2.05, 4.69) is 21.2 Å². The minimum atomic E-state index is -0.353. The van der Waals surface area contributed by atoms with Gasteiger partial charge >= 0.3 is 0 Å². The van der Waals surface area contributed by atoms with Crippen molar-refractivity contribution in [3.05, 3.63) is 58.6 Å². The molecule has 3 rings (SSSR count). The number of nitro groups is 1. The Balaban J connectivity index is 0.00000261. The number of benzene rings is 2. The molecule has 1 aliphatic heterocycles. The first-order valence-corrected chi connectivity index (χ1v) is 8.76. The fraction of sp³-hybridized carbons (Fsp3) is 0.368. The molecule has 1 fully saturated rings. The minimum Gasteiger partial charge on any atom is -0.495 e. The SMILES string of the molecule is COc1ccccc1N1CCN(CCNc2ccccc2[N+](=O)[O-])CC1.Cl. The third-order valence-electron chi connectivity index (χ3n) is 4.64. The van der Waals surface area contributed by atoms with Crippen molar-refractivity contribution >= 4 is 29.5 Å². The quantitative estimate of drug-likeness (QED) is 0.576. The number of rotatable bonds is 7. The number of hydrogen-bond acceptors (Lipinski definition) is 6. The van der Waals surface area contributed by atoms with E-state index in [4.69, 9.17) is 4.74 Å². The lowest BCUT2D eigenvalue weighted by atomic mass is 10.2. The third-order valence-corrected chi connectivity index (χ3v) is 4.64. The number of nitrogens with one attached hydrogen (secondary N) is 1. The lowest BCUT2D eigenvalue weighted by Crippen LogP contribution is -2.47. The van der Waals surface area contributed by atoms with Gasteiger partial charge < -0.3 is 15.0 Å². The topological polar surface area (TPSA) is 70.9 Å². The molecular formula is C19H25ClN4O3. The zero-order valence-corrected chi connectivity index (χ0v) is 16.2. The summed E-state index contributed by atoms with van der Waals surface area (Å²) in [6.07, 6.45) is 0. The van der Waals surface area contributed by atoms with Crippen LogP contribution in [0.4, 0.5) is 17.1 Å². The van der Waals surface area contributed by atoms with E-state index in [9.17, 15) is 10.1 Å². The van der Waals surface area contributed by atoms with Gasteiger partial charge in [0.1, 0.15) is 11.4 Å². The fourth-order valence-corrected chi connectivity index (χ4v) is 3.23. The van der Waals surface area contributed by atoms with Crippen LogP contribution in [0, 0.1) is 10.1 Å². The maximum Gasteiger partial charge on any atom is 0.292 e. The highest BCUT2D eigenvalue weighted by Crippen LogP contribution is 2.28. The third kappa shape index (κ3) is 5.24. The van der Waals surface area contributed by atoms with Crippen LogP contribution in [-0.2, 0) is 0 Å². The summed E-state index contributed by atoms with van der Waals surface area (Å²) in [6.45, 7) is 5.32. The van der Waals surface area contributed by atoms with E-state index >= 15 is 0 Å². The van der Waals surface area contributed by atoms with E-state index in [1.807, 2.05) is 18.2 Å². The second kappa shape index (κ2) is 9.99. The van der Waals surface area contributed by atoms with Crippen molar-refractivity contribution in [2.45, 2.75) is 0 Å². The fourth-order valence-electron chi connectivity index (χ4n) is 3.23. The van der Waals surface area contributed by atoms with Gasteiger partial charge in [-0.3, -0.25) is 15.0 Å². The molecule has 1 N–H and O–H groups in total. The first-order valence-electron chi connectivity index (χ1n) is 8.76. The maximum atomic E-state index is 11.0. The normalized spacial score (nSPS) is 14.3. The van der Waals surface area contributed by atoms with Gasteiger partial charge in [-0.05, 0) is 18.2 Å². The molecule has 2 aromatic carbocycles. The van der Waals surface area contributed by atoms with Gasteiger partial charge in [0.05, 0.1) is 17.7 Å². The van der Waals surface area contributed by atoms with Crippen LogP contribution in [0.25, 0.3) is 0 Å². The van der Waals surface area contributed by atoms with Crippen LogP contribution in [0.3, 0.4) is 0 Å². The molecule has 1 heterocycles. The number of nitrogens with zero attached hydrogens (tertiary/aromatic N) is 3. The molecule has 0 aromatic heterocycles. The molecule has 0 aliphatic carbocycles. The number of hydrogen-bond donors (Lipinski definition) is 1. The molecule has 0 spiro atoms. The van der Waals surface area contributed by atoms with Gasteiger partial charge in [-0.1, -0.05) is 24.3 Å². The van der Waals surface area contributed by atoms with Crippen molar-refractivity contribution in [3.63, 3.8) is 0 Å². The number of anilines is 2. The number of ether oxygens (including phenoxy) is 1. The Bertz CT molecular complexity index is 751. The van der Waals surface area contributed by atoms with Crippen LogP contribution in [0.15, 0.2) is 48.5 Å². The zero-order chi connectivity index (χ0) is 18.4. The average molecular weight is 393 g/mol. The summed E-state index contributed by atoms with van der Waals surface area (Å²) in [5.41, 5.74) is 1.83. The Kier molecular flexibility index (Phi) is 7.69. The van der Waals surface area contributed by atoms with Crippen molar-refractivity contribution in [3.8, 4) is 5.75 Å². The molecule has 27 heavy (non-hydrogen) atoms. The summed E-state index contributed by atoms with van der Waals surface area (Å²) in [5.74, 6) is 0.902. The van der Waals surface area contributed by atoms with E-state index in [0.29, 0.717) is 12.2 Å². The van der Waals surface area contributed by atoms with Gasteiger partial charge in [-0.2, -0.15) is 0 Å². The van der Waals surface area contributed by atoms with E-state index in [1.54, 1.807) is 25.3 Å². The predicted molar refractivity (Wildman–Crippen MR) is 110 cm³/mol. The summed E-state index contributed by atoms with van der Waals surface area (Å²) in [5, 5.41) is 14.2. The monoisotopic (exact) mass is 392 g/mol. The highest BCUT2D eigenvalue weighted by atomic mass is 35.5. The first-order chi connectivity index (χ1) is 12.7. The van der Waals surface area contributed by atoms with Crippen LogP contribution in [0.5, 0.6) is 5.75 Å². The van der Waals surface area contributed by atoms with Crippen LogP contribution in [0.1, 0.15) is 0 Å². The standard InChI is InChI=1S/C19H24N4O3.ClH/c1-26-19-9-5-4-8-18(19)22-14-12-21(13-15-22)11-10-20-16-6-2-3-7-17(16)23(24)25;/h2-9,20H,10-15H2,1H3;1H. The molecular weight excluding hydrogens is 368 g/mol. The Morgan fingerprint density at radius 2 is 1.74 bits per heavy atom. The molecule has 0 radical (unpaired) electrons. The van der Waals surface area contributed by atoms with Gasteiger partial charge in [0.25, 0.3) is 5.69 Å². The number of nitro benzene ring substituents is 1. The van der Waals surface area contributed by atoms with Crippen molar-refractivity contribution in [1.82, 2.24) is 4.90 Å². The molecule has 0 amide bonds. The van der Waals surface area contributed by atoms with Crippen LogP contribution >= 0.6 is 12.4 Å². The molecule has 1 aliphatic rings. The van der Waals surface area contributed by atoms with Gasteiger partial charge in [0, 0.05) is 45.3 Å². The Morgan fingerprint density at radius 1 is 1.07 bits per heavy atom. The van der Waals surface area contributed by atoms with E-state index in [-0.39, 0.29) is 23.0 Å². The smallest absolute Gasteiger partial charge is 0.292 e. The van der Waals surface area contributed by atoms with Crippen molar-refractivity contribution in [2.24, 2.45) is 0 Å². The Hall–Kier alpha value is -2.51. The summed E-state index contributed by atoms with van der Waals surface area (Å²) < 4.78 is 5.45. The highest BCUT2D eigenvalue weighted by Gasteiger charge is 2.19. The number of para-hydroxylation sites is 4. The molecule has 0 saturated carbocycles. The predicted octanol–water partition coefficient (Wildman–Crippen LogP) is 3.26. The van der Waals surface area contributed by atoms with E-state index < -0.39 is 0 Å². The molecule has 0 atom stereocenters. The molecule has 8 heteroatoms. The van der Waals surface area contributed by atoms with Crippen LogP contribution < -0.4 is 15.0 Å². The Morgan fingerprint density at radius 3 is 2.44 bits per heavy atom. The van der Waals surface area contributed by atoms with Gasteiger partial charge in [0.2, 0.25) is 0 Å². The minimum absolute atomic E-state index is 0. The van der Waals surface area contributed by atoms with E-state index in [0.717, 1.165) is 44.2 Å². The van der Waals surface area contributed by atoms with Crippen LogP contribution in [0.2, 0.25) is 0 Å². The molecule has 7 nitrogen and oxygen atoms in total. The van der Waals surface area contributed by atoms with Gasteiger partial charge in [0.15, 0.2) is 0 Å². The largest absolute Gasteiger partial charge is 0.495 e.